The van der Waals surface area contributed by atoms with Gasteiger partial charge in [-0.15, -0.1) is 0 Å². The first-order valence-electron chi connectivity index (χ1n) is 4.95. The van der Waals surface area contributed by atoms with Gasteiger partial charge in [0.1, 0.15) is 0 Å². The topological polar surface area (TPSA) is 54.5 Å². The third-order valence-corrected chi connectivity index (χ3v) is 4.18. The number of nitrogens with zero attached hydrogens (tertiary/aromatic N) is 1. The van der Waals surface area contributed by atoms with Crippen molar-refractivity contribution < 1.29 is 26.4 Å². The van der Waals surface area contributed by atoms with Crippen LogP contribution in [0.4, 0.5) is 18.9 Å². The van der Waals surface area contributed by atoms with Gasteiger partial charge in [-0.25, -0.2) is 12.7 Å². The Morgan fingerprint density at radius 3 is 2.28 bits per heavy atom. The van der Waals surface area contributed by atoms with Gasteiger partial charge in [-0.1, -0.05) is 12.1 Å². The lowest BCUT2D eigenvalue weighted by atomic mass is 10.1. The number of carbonyl (C=O) groups is 1. The summed E-state index contributed by atoms with van der Waals surface area (Å²) in [6, 6.07) is 4.12. The number of carbonyl (C=O) groups excluding carboxylic acids is 1. The molecule has 1 aromatic carbocycles. The summed E-state index contributed by atoms with van der Waals surface area (Å²) in [7, 11) is -3.99. The number of benzene rings is 1. The average Bonchev–Trinajstić information content (AvgIpc) is 2.52. The standard InChI is InChI=1S/C10H8F3NO3S/c11-10(12,13)7-3-1-2-4-8(7)14-9(15)5-6-18(14,16)17/h1-4H,5-6H2. The summed E-state index contributed by atoms with van der Waals surface area (Å²) in [6.45, 7) is 0. The molecule has 1 saturated heterocycles. The van der Waals surface area contributed by atoms with Gasteiger partial charge in [0, 0.05) is 6.42 Å². The van der Waals surface area contributed by atoms with Crippen molar-refractivity contribution in [1.29, 1.82) is 0 Å². The molecule has 0 bridgehead atoms. The Labute approximate surface area is 101 Å². The number of alkyl halides is 3. The van der Waals surface area contributed by atoms with E-state index in [1.807, 2.05) is 0 Å². The number of anilines is 1. The molecule has 0 N–H and O–H groups in total. The first kappa shape index (κ1) is 12.9. The van der Waals surface area contributed by atoms with E-state index in [-0.39, 0.29) is 10.7 Å². The van der Waals surface area contributed by atoms with Crippen molar-refractivity contribution in [2.75, 3.05) is 10.1 Å². The predicted octanol–water partition coefficient (Wildman–Crippen LogP) is 1.77. The van der Waals surface area contributed by atoms with E-state index in [0.29, 0.717) is 0 Å². The van der Waals surface area contributed by atoms with Crippen LogP contribution in [0, 0.1) is 0 Å². The van der Waals surface area contributed by atoms with Crippen LogP contribution in [0.5, 0.6) is 0 Å². The quantitative estimate of drug-likeness (QED) is 0.787. The van der Waals surface area contributed by atoms with Crippen LogP contribution in [0.15, 0.2) is 24.3 Å². The SMILES string of the molecule is O=C1CCS(=O)(=O)N1c1ccccc1C(F)(F)F. The summed E-state index contributed by atoms with van der Waals surface area (Å²) in [5.74, 6) is -1.30. The van der Waals surface area contributed by atoms with Gasteiger partial charge >= 0.3 is 6.18 Å². The van der Waals surface area contributed by atoms with Crippen molar-refractivity contribution in [2.24, 2.45) is 0 Å². The van der Waals surface area contributed by atoms with Crippen LogP contribution >= 0.6 is 0 Å². The number of rotatable bonds is 1. The first-order valence-corrected chi connectivity index (χ1v) is 6.56. The van der Waals surface area contributed by atoms with Crippen molar-refractivity contribution in [3.8, 4) is 0 Å². The lowest BCUT2D eigenvalue weighted by Crippen LogP contribution is -2.31. The van der Waals surface area contributed by atoms with Gasteiger partial charge in [-0.3, -0.25) is 4.79 Å². The second-order valence-electron chi connectivity index (χ2n) is 3.74. The van der Waals surface area contributed by atoms with Crippen molar-refractivity contribution >= 4 is 21.6 Å². The smallest absolute Gasteiger partial charge is 0.273 e. The maximum Gasteiger partial charge on any atom is 0.418 e. The molecule has 8 heteroatoms. The highest BCUT2D eigenvalue weighted by atomic mass is 32.2. The minimum atomic E-state index is -4.71. The summed E-state index contributed by atoms with van der Waals surface area (Å²) in [5, 5.41) is 0. The Kier molecular flexibility index (Phi) is 2.84. The molecule has 1 amide bonds. The Hall–Kier alpha value is -1.57. The van der Waals surface area contributed by atoms with Gasteiger partial charge in [0.25, 0.3) is 0 Å². The van der Waals surface area contributed by atoms with Gasteiger partial charge < -0.3 is 0 Å². The monoisotopic (exact) mass is 279 g/mol. The molecule has 4 nitrogen and oxygen atoms in total. The summed E-state index contributed by atoms with van der Waals surface area (Å²) >= 11 is 0. The molecule has 1 aliphatic rings. The number of hydrogen-bond donors (Lipinski definition) is 0. The van der Waals surface area contributed by atoms with Crippen LogP contribution in [-0.2, 0) is 21.0 Å². The number of amides is 1. The lowest BCUT2D eigenvalue weighted by molar-refractivity contribution is -0.137. The van der Waals surface area contributed by atoms with Crippen LogP contribution in [0.2, 0.25) is 0 Å². The summed E-state index contributed by atoms with van der Waals surface area (Å²) in [4.78, 5) is 11.4. The normalized spacial score (nSPS) is 19.3. The van der Waals surface area contributed by atoms with Gasteiger partial charge in [-0.2, -0.15) is 13.2 Å². The van der Waals surface area contributed by atoms with Crippen LogP contribution in [0.3, 0.4) is 0 Å². The summed E-state index contributed by atoms with van der Waals surface area (Å²) in [6.07, 6.45) is -5.01. The number of halogens is 3. The zero-order chi connectivity index (χ0) is 13.6. The van der Waals surface area contributed by atoms with Crippen molar-refractivity contribution in [3.63, 3.8) is 0 Å². The zero-order valence-electron chi connectivity index (χ0n) is 8.94. The molecule has 0 aromatic heterocycles. The third kappa shape index (κ3) is 2.07. The molecule has 98 valence electrons. The molecular weight excluding hydrogens is 271 g/mol. The molecule has 0 atom stereocenters. The van der Waals surface area contributed by atoms with E-state index in [0.717, 1.165) is 18.2 Å². The fourth-order valence-electron chi connectivity index (χ4n) is 1.74. The fourth-order valence-corrected chi connectivity index (χ4v) is 3.21. The number of hydrogen-bond acceptors (Lipinski definition) is 3. The van der Waals surface area contributed by atoms with Gasteiger partial charge in [0.2, 0.25) is 15.9 Å². The van der Waals surface area contributed by atoms with Gasteiger partial charge in [0.05, 0.1) is 17.0 Å². The van der Waals surface area contributed by atoms with Crippen LogP contribution in [0.1, 0.15) is 12.0 Å². The van der Waals surface area contributed by atoms with Gasteiger partial charge in [-0.05, 0) is 12.1 Å². The van der Waals surface area contributed by atoms with Crippen molar-refractivity contribution in [3.05, 3.63) is 29.8 Å². The molecule has 0 unspecified atom stereocenters. The van der Waals surface area contributed by atoms with E-state index >= 15 is 0 Å². The van der Waals surface area contributed by atoms with E-state index in [4.69, 9.17) is 0 Å². The maximum atomic E-state index is 12.7. The Bertz CT molecular complexity index is 595. The predicted molar refractivity (Wildman–Crippen MR) is 57.3 cm³/mol. The lowest BCUT2D eigenvalue weighted by Gasteiger charge is -2.19. The molecule has 1 aliphatic heterocycles. The molecule has 1 aromatic rings. The average molecular weight is 279 g/mol. The Morgan fingerprint density at radius 2 is 1.78 bits per heavy atom. The largest absolute Gasteiger partial charge is 0.418 e. The molecule has 0 saturated carbocycles. The fraction of sp³-hybridized carbons (Fsp3) is 0.300. The van der Waals surface area contributed by atoms with E-state index in [2.05, 4.69) is 0 Å². The zero-order valence-corrected chi connectivity index (χ0v) is 9.75. The molecule has 1 fully saturated rings. The third-order valence-electron chi connectivity index (χ3n) is 2.51. The highest BCUT2D eigenvalue weighted by Gasteiger charge is 2.42. The summed E-state index contributed by atoms with van der Waals surface area (Å²) < 4.78 is 61.7. The Balaban J connectivity index is 2.62. The van der Waals surface area contributed by atoms with E-state index < -0.39 is 39.1 Å². The molecule has 0 spiro atoms. The van der Waals surface area contributed by atoms with Crippen LogP contribution < -0.4 is 4.31 Å². The second kappa shape index (κ2) is 3.98. The minimum absolute atomic E-state index is 0.246. The summed E-state index contributed by atoms with van der Waals surface area (Å²) in [5.41, 5.74) is -1.77. The number of para-hydroxylation sites is 1. The van der Waals surface area contributed by atoms with E-state index in [1.165, 1.54) is 6.07 Å². The van der Waals surface area contributed by atoms with Crippen LogP contribution in [0.25, 0.3) is 0 Å². The van der Waals surface area contributed by atoms with Gasteiger partial charge in [0.15, 0.2) is 0 Å². The highest BCUT2D eigenvalue weighted by Crippen LogP contribution is 2.38. The highest BCUT2D eigenvalue weighted by molar-refractivity contribution is 7.94. The van der Waals surface area contributed by atoms with E-state index in [1.54, 1.807) is 0 Å². The molecule has 0 radical (unpaired) electrons. The minimum Gasteiger partial charge on any atom is -0.273 e. The maximum absolute atomic E-state index is 12.7. The molecular formula is C10H8F3NO3S. The van der Waals surface area contributed by atoms with E-state index in [9.17, 15) is 26.4 Å². The molecule has 1 heterocycles. The number of sulfonamides is 1. The molecule has 2 rings (SSSR count). The Morgan fingerprint density at radius 1 is 1.17 bits per heavy atom. The van der Waals surface area contributed by atoms with Crippen molar-refractivity contribution in [1.82, 2.24) is 0 Å². The van der Waals surface area contributed by atoms with Crippen molar-refractivity contribution in [2.45, 2.75) is 12.6 Å². The molecule has 0 aliphatic carbocycles. The first-order chi connectivity index (χ1) is 8.23. The van der Waals surface area contributed by atoms with Crippen LogP contribution in [-0.4, -0.2) is 20.1 Å². The second-order valence-corrected chi connectivity index (χ2v) is 5.68. The molecule has 18 heavy (non-hydrogen) atoms.